The van der Waals surface area contributed by atoms with E-state index in [0.29, 0.717) is 23.5 Å². The number of thioether (sulfide) groups is 1. The van der Waals surface area contributed by atoms with Crippen molar-refractivity contribution in [1.29, 1.82) is 0 Å². The number of nitrogens with one attached hydrogen (secondary N) is 2. The molecule has 1 fully saturated rings. The molecule has 3 unspecified atom stereocenters. The van der Waals surface area contributed by atoms with Crippen molar-refractivity contribution in [3.63, 3.8) is 0 Å². The van der Waals surface area contributed by atoms with E-state index in [4.69, 9.17) is 5.11 Å². The summed E-state index contributed by atoms with van der Waals surface area (Å²) in [5, 5.41) is 23.2. The van der Waals surface area contributed by atoms with Gasteiger partial charge in [0.15, 0.2) is 0 Å². The van der Waals surface area contributed by atoms with E-state index >= 15 is 0 Å². The average Bonchev–Trinajstić information content (AvgIpc) is 2.58. The summed E-state index contributed by atoms with van der Waals surface area (Å²) in [4.78, 5) is 44.7. The largest absolute Gasteiger partial charge is 0.480 e. The summed E-state index contributed by atoms with van der Waals surface area (Å²) in [6.45, 7) is 4.81. The molecule has 166 valence electrons. The van der Waals surface area contributed by atoms with Gasteiger partial charge < -0.3 is 20.8 Å². The van der Waals surface area contributed by atoms with Gasteiger partial charge in [0.25, 0.3) is 0 Å². The predicted octanol–water partition coefficient (Wildman–Crippen LogP) is 1.94. The molecule has 1 aliphatic rings. The maximum atomic E-state index is 11.2. The fourth-order valence-corrected chi connectivity index (χ4v) is 7.17. The highest BCUT2D eigenvalue weighted by Gasteiger charge is 2.33. The van der Waals surface area contributed by atoms with Gasteiger partial charge in [0.1, 0.15) is 12.1 Å². The number of hydrogen-bond donors (Lipinski definition) is 4. The number of carboxylic acids is 2. The third kappa shape index (κ3) is 10.5. The number of amides is 2. The predicted molar refractivity (Wildman–Crippen MR) is 118 cm³/mol. The minimum Gasteiger partial charge on any atom is -0.480 e. The molecule has 0 aliphatic heterocycles. The van der Waals surface area contributed by atoms with Crippen LogP contribution in [0.2, 0.25) is 0 Å². The summed E-state index contributed by atoms with van der Waals surface area (Å²) in [5.41, 5.74) is 0. The molecule has 1 aliphatic carbocycles. The zero-order chi connectivity index (χ0) is 22.0. The number of hydrogen-bond acceptors (Lipinski definition) is 7. The summed E-state index contributed by atoms with van der Waals surface area (Å²) in [6, 6.07) is -1.80. The highest BCUT2D eigenvalue weighted by molar-refractivity contribution is 8.76. The fourth-order valence-electron chi connectivity index (χ4n) is 3.10. The van der Waals surface area contributed by atoms with E-state index in [2.05, 4.69) is 17.6 Å². The zero-order valence-corrected chi connectivity index (χ0v) is 19.3. The Morgan fingerprint density at radius 2 is 1.34 bits per heavy atom. The molecule has 8 nitrogen and oxygen atoms in total. The molecule has 1 rings (SSSR count). The van der Waals surface area contributed by atoms with Crippen molar-refractivity contribution in [3.05, 3.63) is 0 Å². The zero-order valence-electron chi connectivity index (χ0n) is 16.9. The van der Waals surface area contributed by atoms with Crippen molar-refractivity contribution in [2.24, 2.45) is 17.8 Å². The second-order valence-corrected chi connectivity index (χ2v) is 11.0. The van der Waals surface area contributed by atoms with Crippen LogP contribution < -0.4 is 10.6 Å². The standard InChI is InChI=1S/C18H30N2O6S3/c1-10-4-13(5-10)14(6-27-8-15(17(23)24)19-11(2)21)7-28-29-9-16(18(25)26)20-12(3)22/h10,13-16H,4-9H2,1-3H3,(H,19,21)(H,20,22)(H,23,24)(H,25,26). The lowest BCUT2D eigenvalue weighted by Gasteiger charge is -2.38. The Morgan fingerprint density at radius 1 is 0.862 bits per heavy atom. The van der Waals surface area contributed by atoms with Gasteiger partial charge in [-0.2, -0.15) is 11.8 Å². The first-order valence-corrected chi connectivity index (χ1v) is 13.1. The maximum absolute atomic E-state index is 11.2. The molecule has 4 N–H and O–H groups in total. The van der Waals surface area contributed by atoms with Gasteiger partial charge in [0, 0.05) is 31.1 Å². The molecule has 0 aromatic carbocycles. The van der Waals surface area contributed by atoms with Crippen LogP contribution in [0.4, 0.5) is 0 Å². The van der Waals surface area contributed by atoms with E-state index in [-0.39, 0.29) is 17.6 Å². The van der Waals surface area contributed by atoms with Crippen molar-refractivity contribution in [2.45, 2.75) is 45.7 Å². The third-order valence-corrected chi connectivity index (χ3v) is 8.39. The second-order valence-electron chi connectivity index (χ2n) is 7.39. The molecule has 1 saturated carbocycles. The van der Waals surface area contributed by atoms with Crippen molar-refractivity contribution in [3.8, 4) is 0 Å². The minimum atomic E-state index is -1.05. The highest BCUT2D eigenvalue weighted by atomic mass is 33.1. The van der Waals surface area contributed by atoms with Crippen molar-refractivity contribution >= 4 is 57.1 Å². The summed E-state index contributed by atoms with van der Waals surface area (Å²) in [6.07, 6.45) is 2.29. The van der Waals surface area contributed by atoms with E-state index in [0.717, 1.165) is 24.3 Å². The van der Waals surface area contributed by atoms with Gasteiger partial charge in [-0.15, -0.1) is 0 Å². The highest BCUT2D eigenvalue weighted by Crippen LogP contribution is 2.42. The van der Waals surface area contributed by atoms with Gasteiger partial charge in [-0.05, 0) is 36.3 Å². The van der Waals surface area contributed by atoms with Crippen LogP contribution in [0.15, 0.2) is 0 Å². The van der Waals surface area contributed by atoms with Gasteiger partial charge in [-0.3, -0.25) is 9.59 Å². The molecule has 0 aromatic heterocycles. The molecule has 0 saturated heterocycles. The Hall–Kier alpha value is -1.07. The molecule has 11 heteroatoms. The molecule has 0 heterocycles. The van der Waals surface area contributed by atoms with Gasteiger partial charge in [-0.1, -0.05) is 28.5 Å². The third-order valence-electron chi connectivity index (χ3n) is 4.64. The minimum absolute atomic E-state index is 0.282. The molecular formula is C18H30N2O6S3. The van der Waals surface area contributed by atoms with Crippen LogP contribution in [0.25, 0.3) is 0 Å². The fraction of sp³-hybridized carbons (Fsp3) is 0.778. The van der Waals surface area contributed by atoms with Crippen LogP contribution in [0.1, 0.15) is 33.6 Å². The van der Waals surface area contributed by atoms with Crippen molar-refractivity contribution in [2.75, 3.05) is 23.0 Å². The quantitative estimate of drug-likeness (QED) is 0.224. The Balaban J connectivity index is 2.46. The van der Waals surface area contributed by atoms with Gasteiger partial charge >= 0.3 is 11.9 Å². The van der Waals surface area contributed by atoms with E-state index in [9.17, 15) is 24.3 Å². The molecule has 29 heavy (non-hydrogen) atoms. The first-order chi connectivity index (χ1) is 13.6. The monoisotopic (exact) mass is 466 g/mol. The van der Waals surface area contributed by atoms with Crippen molar-refractivity contribution in [1.82, 2.24) is 10.6 Å². The second kappa shape index (κ2) is 13.3. The smallest absolute Gasteiger partial charge is 0.327 e. The van der Waals surface area contributed by atoms with E-state index in [1.165, 1.54) is 36.4 Å². The summed E-state index contributed by atoms with van der Waals surface area (Å²) in [5.74, 6) is 1.09. The summed E-state index contributed by atoms with van der Waals surface area (Å²) < 4.78 is 0. The van der Waals surface area contributed by atoms with Gasteiger partial charge in [0.2, 0.25) is 11.8 Å². The number of rotatable bonds is 14. The first kappa shape index (κ1) is 26.0. The lowest BCUT2D eigenvalue weighted by molar-refractivity contribution is -0.141. The van der Waals surface area contributed by atoms with E-state index in [1.54, 1.807) is 10.8 Å². The normalized spacial score (nSPS) is 21.3. The lowest BCUT2D eigenvalue weighted by atomic mass is 9.70. The van der Waals surface area contributed by atoms with Crippen molar-refractivity contribution < 1.29 is 29.4 Å². The number of carboxylic acid groups (broad SMARTS) is 2. The topological polar surface area (TPSA) is 133 Å². The van der Waals surface area contributed by atoms with Crippen LogP contribution >= 0.6 is 33.3 Å². The maximum Gasteiger partial charge on any atom is 0.327 e. The molecule has 3 atom stereocenters. The first-order valence-electron chi connectivity index (χ1n) is 9.42. The molecule has 0 radical (unpaired) electrons. The molecule has 2 amide bonds. The van der Waals surface area contributed by atoms with Crippen LogP contribution in [0.3, 0.4) is 0 Å². The number of carbonyl (C=O) groups excluding carboxylic acids is 2. The average molecular weight is 467 g/mol. The van der Waals surface area contributed by atoms with Gasteiger partial charge in [0.05, 0.1) is 0 Å². The molecule has 0 bridgehead atoms. The van der Waals surface area contributed by atoms with E-state index < -0.39 is 24.0 Å². The Bertz CT molecular complexity index is 586. The number of aliphatic carboxylic acids is 2. The Kier molecular flexibility index (Phi) is 11.9. The van der Waals surface area contributed by atoms with Crippen LogP contribution in [-0.4, -0.2) is 69.1 Å². The van der Waals surface area contributed by atoms with Gasteiger partial charge in [-0.25, -0.2) is 9.59 Å². The summed E-state index contributed by atoms with van der Waals surface area (Å²) in [7, 11) is 3.02. The summed E-state index contributed by atoms with van der Waals surface area (Å²) >= 11 is 1.53. The van der Waals surface area contributed by atoms with Crippen LogP contribution in [0, 0.1) is 17.8 Å². The Labute approximate surface area is 183 Å². The number of carbonyl (C=O) groups is 4. The van der Waals surface area contributed by atoms with Crippen LogP contribution in [0.5, 0.6) is 0 Å². The van der Waals surface area contributed by atoms with Crippen LogP contribution in [-0.2, 0) is 19.2 Å². The molecular weight excluding hydrogens is 436 g/mol. The molecule has 0 spiro atoms. The SMILES string of the molecule is CC(=O)NC(CSCC(CSSCC(NC(C)=O)C(=O)O)C1CC(C)C1)C(=O)O. The molecule has 0 aromatic rings. The Morgan fingerprint density at radius 3 is 1.79 bits per heavy atom. The lowest BCUT2D eigenvalue weighted by Crippen LogP contribution is -2.41. The van der Waals surface area contributed by atoms with E-state index in [1.807, 2.05) is 0 Å².